The second-order valence-corrected chi connectivity index (χ2v) is 3.74. The van der Waals surface area contributed by atoms with E-state index in [4.69, 9.17) is 9.78 Å². The first kappa shape index (κ1) is 10.7. The van der Waals surface area contributed by atoms with Crippen molar-refractivity contribution in [1.29, 1.82) is 5.26 Å². The average molecular weight is 193 g/mol. The summed E-state index contributed by atoms with van der Waals surface area (Å²) in [7, 11) is 0. The normalized spacial score (nSPS) is 12.8. The minimum absolute atomic E-state index is 0.176. The molecule has 1 aromatic rings. The predicted molar refractivity (Wildman–Crippen MR) is 51.6 cm³/mol. The summed E-state index contributed by atoms with van der Waals surface area (Å²) in [5.74, 6) is 1.85. The number of hydrogen-bond acceptors (Lipinski definition) is 4. The summed E-state index contributed by atoms with van der Waals surface area (Å²) < 4.78 is 5.11. The maximum atomic E-state index is 8.44. The van der Waals surface area contributed by atoms with Crippen LogP contribution < -0.4 is 0 Å². The maximum Gasteiger partial charge on any atom is 0.229 e. The Balaban J connectivity index is 2.62. The fraction of sp³-hybridized carbons (Fsp3) is 0.700. The molecule has 0 aliphatic carbocycles. The smallest absolute Gasteiger partial charge is 0.229 e. The van der Waals surface area contributed by atoms with Crippen molar-refractivity contribution in [2.24, 2.45) is 0 Å². The number of rotatable bonds is 4. The van der Waals surface area contributed by atoms with Crippen molar-refractivity contribution in [1.82, 2.24) is 10.1 Å². The van der Waals surface area contributed by atoms with Crippen molar-refractivity contribution in [2.75, 3.05) is 0 Å². The number of aromatic nitrogens is 2. The van der Waals surface area contributed by atoms with E-state index in [0.717, 1.165) is 12.2 Å². The van der Waals surface area contributed by atoms with E-state index in [0.29, 0.717) is 12.3 Å². The quantitative estimate of drug-likeness (QED) is 0.737. The molecule has 0 N–H and O–H groups in total. The van der Waals surface area contributed by atoms with Gasteiger partial charge in [-0.2, -0.15) is 10.2 Å². The highest BCUT2D eigenvalue weighted by molar-refractivity contribution is 4.96. The third kappa shape index (κ3) is 2.56. The summed E-state index contributed by atoms with van der Waals surface area (Å²) in [5.41, 5.74) is 0. The molecular formula is C10H15N3O. The minimum Gasteiger partial charge on any atom is -0.339 e. The molecule has 0 aliphatic rings. The van der Waals surface area contributed by atoms with Gasteiger partial charge in [-0.1, -0.05) is 25.9 Å². The van der Waals surface area contributed by atoms with E-state index in [1.807, 2.05) is 20.8 Å². The molecule has 4 nitrogen and oxygen atoms in total. The summed E-state index contributed by atoms with van der Waals surface area (Å²) in [6.07, 6.45) is 1.30. The lowest BCUT2D eigenvalue weighted by atomic mass is 10.1. The molecule has 1 heterocycles. The monoisotopic (exact) mass is 193 g/mol. The van der Waals surface area contributed by atoms with E-state index in [9.17, 15) is 0 Å². The van der Waals surface area contributed by atoms with Crippen LogP contribution in [-0.2, 0) is 0 Å². The Hall–Kier alpha value is -1.37. The lowest BCUT2D eigenvalue weighted by molar-refractivity contribution is 0.349. The van der Waals surface area contributed by atoms with Crippen LogP contribution >= 0.6 is 0 Å². The average Bonchev–Trinajstić information content (AvgIpc) is 2.62. The van der Waals surface area contributed by atoms with Crippen LogP contribution in [0.2, 0.25) is 0 Å². The Morgan fingerprint density at radius 1 is 1.43 bits per heavy atom. The number of nitriles is 1. The van der Waals surface area contributed by atoms with Crippen LogP contribution in [0, 0.1) is 11.3 Å². The third-order valence-electron chi connectivity index (χ3n) is 2.08. The third-order valence-corrected chi connectivity index (χ3v) is 2.08. The van der Waals surface area contributed by atoms with E-state index in [1.54, 1.807) is 0 Å². The van der Waals surface area contributed by atoms with E-state index in [2.05, 4.69) is 16.2 Å². The van der Waals surface area contributed by atoms with E-state index >= 15 is 0 Å². The molecule has 0 aromatic carbocycles. The van der Waals surface area contributed by atoms with Crippen LogP contribution in [0.25, 0.3) is 0 Å². The van der Waals surface area contributed by atoms with Gasteiger partial charge >= 0.3 is 0 Å². The van der Waals surface area contributed by atoms with Gasteiger partial charge in [-0.05, 0) is 6.42 Å². The molecule has 1 unspecified atom stereocenters. The highest BCUT2D eigenvalue weighted by Gasteiger charge is 2.15. The van der Waals surface area contributed by atoms with Crippen LogP contribution in [0.3, 0.4) is 0 Å². The van der Waals surface area contributed by atoms with Gasteiger partial charge in [0.2, 0.25) is 5.89 Å². The zero-order valence-electron chi connectivity index (χ0n) is 8.82. The molecule has 0 amide bonds. The molecule has 0 saturated carbocycles. The van der Waals surface area contributed by atoms with Gasteiger partial charge in [0.15, 0.2) is 5.82 Å². The molecule has 0 bridgehead atoms. The number of hydrogen-bond donors (Lipinski definition) is 0. The van der Waals surface area contributed by atoms with Crippen LogP contribution in [0.1, 0.15) is 57.2 Å². The molecule has 1 rings (SSSR count). The second kappa shape index (κ2) is 4.75. The van der Waals surface area contributed by atoms with Crippen molar-refractivity contribution in [3.8, 4) is 6.07 Å². The lowest BCUT2D eigenvalue weighted by Crippen LogP contribution is -1.95. The van der Waals surface area contributed by atoms with Crippen LogP contribution in [0.15, 0.2) is 4.52 Å². The molecule has 0 spiro atoms. The largest absolute Gasteiger partial charge is 0.339 e. The zero-order valence-corrected chi connectivity index (χ0v) is 8.82. The van der Waals surface area contributed by atoms with Crippen molar-refractivity contribution >= 4 is 0 Å². The fourth-order valence-electron chi connectivity index (χ4n) is 1.09. The summed E-state index contributed by atoms with van der Waals surface area (Å²) in [4.78, 5) is 4.28. The van der Waals surface area contributed by atoms with Gasteiger partial charge < -0.3 is 4.52 Å². The van der Waals surface area contributed by atoms with Gasteiger partial charge in [-0.25, -0.2) is 0 Å². The topological polar surface area (TPSA) is 62.7 Å². The van der Waals surface area contributed by atoms with Crippen molar-refractivity contribution in [3.63, 3.8) is 0 Å². The summed E-state index contributed by atoms with van der Waals surface area (Å²) >= 11 is 0. The lowest BCUT2D eigenvalue weighted by Gasteiger charge is -2.00. The summed E-state index contributed by atoms with van der Waals surface area (Å²) in [6, 6.07) is 2.11. The summed E-state index contributed by atoms with van der Waals surface area (Å²) in [6.45, 7) is 6.04. The van der Waals surface area contributed by atoms with Crippen LogP contribution in [-0.4, -0.2) is 10.1 Å². The Bertz CT molecular complexity index is 324. The highest BCUT2D eigenvalue weighted by Crippen LogP contribution is 2.20. The van der Waals surface area contributed by atoms with Gasteiger partial charge in [-0.3, -0.25) is 0 Å². The molecule has 0 aliphatic heterocycles. The Morgan fingerprint density at radius 2 is 2.14 bits per heavy atom. The SMILES string of the molecule is CC(C)c1noc(C(C)CCC#N)n1. The van der Waals surface area contributed by atoms with Crippen LogP contribution in [0.4, 0.5) is 0 Å². The Labute approximate surface area is 83.9 Å². The molecule has 1 aromatic heterocycles. The summed E-state index contributed by atoms with van der Waals surface area (Å²) in [5, 5.41) is 12.3. The predicted octanol–water partition coefficient (Wildman–Crippen LogP) is 2.60. The standard InChI is InChI=1S/C10H15N3O/c1-7(2)9-12-10(14-13-9)8(3)5-4-6-11/h7-8H,4-5H2,1-3H3. The first-order valence-corrected chi connectivity index (χ1v) is 4.85. The molecule has 76 valence electrons. The first-order chi connectivity index (χ1) is 6.65. The van der Waals surface area contributed by atoms with Gasteiger partial charge in [0.05, 0.1) is 6.07 Å². The van der Waals surface area contributed by atoms with Gasteiger partial charge in [-0.15, -0.1) is 0 Å². The van der Waals surface area contributed by atoms with Gasteiger partial charge in [0.25, 0.3) is 0 Å². The molecular weight excluding hydrogens is 178 g/mol. The maximum absolute atomic E-state index is 8.44. The molecule has 4 heteroatoms. The Morgan fingerprint density at radius 3 is 2.64 bits per heavy atom. The van der Waals surface area contributed by atoms with E-state index < -0.39 is 0 Å². The van der Waals surface area contributed by atoms with Crippen molar-refractivity contribution in [2.45, 2.75) is 45.4 Å². The van der Waals surface area contributed by atoms with Crippen molar-refractivity contribution < 1.29 is 4.52 Å². The van der Waals surface area contributed by atoms with Gasteiger partial charge in [0, 0.05) is 18.3 Å². The highest BCUT2D eigenvalue weighted by atomic mass is 16.5. The fourth-order valence-corrected chi connectivity index (χ4v) is 1.09. The van der Waals surface area contributed by atoms with E-state index in [1.165, 1.54) is 0 Å². The molecule has 0 radical (unpaired) electrons. The van der Waals surface area contributed by atoms with Crippen LogP contribution in [0.5, 0.6) is 0 Å². The van der Waals surface area contributed by atoms with E-state index in [-0.39, 0.29) is 11.8 Å². The molecule has 0 saturated heterocycles. The Kier molecular flexibility index (Phi) is 3.63. The van der Waals surface area contributed by atoms with Crippen molar-refractivity contribution in [3.05, 3.63) is 11.7 Å². The molecule has 14 heavy (non-hydrogen) atoms. The number of nitrogens with zero attached hydrogens (tertiary/aromatic N) is 3. The molecule has 1 atom stereocenters. The first-order valence-electron chi connectivity index (χ1n) is 4.85. The minimum atomic E-state index is 0.176. The zero-order chi connectivity index (χ0) is 10.6. The second-order valence-electron chi connectivity index (χ2n) is 3.74. The van der Waals surface area contributed by atoms with Gasteiger partial charge in [0.1, 0.15) is 0 Å². The molecule has 0 fully saturated rings.